The zero-order valence-corrected chi connectivity index (χ0v) is 14.4. The fraction of sp³-hybridized carbons (Fsp3) is 0.182. The molecule has 1 aliphatic rings. The molecule has 2 atom stereocenters. The number of rotatable bonds is 2. The fourth-order valence-electron chi connectivity index (χ4n) is 3.73. The van der Waals surface area contributed by atoms with Crippen molar-refractivity contribution in [2.45, 2.75) is 18.8 Å². The summed E-state index contributed by atoms with van der Waals surface area (Å²) in [6.07, 6.45) is 0. The molecule has 3 aromatic carbocycles. The molecule has 0 saturated heterocycles. The zero-order valence-electron chi connectivity index (χ0n) is 14.4. The Morgan fingerprint density at radius 2 is 1.35 bits per heavy atom. The van der Waals surface area contributed by atoms with Crippen molar-refractivity contribution in [2.75, 3.05) is 6.61 Å². The van der Waals surface area contributed by atoms with Crippen molar-refractivity contribution in [3.63, 3.8) is 0 Å². The summed E-state index contributed by atoms with van der Waals surface area (Å²) in [6.45, 7) is 2.32. The van der Waals surface area contributed by atoms with Crippen molar-refractivity contribution >= 4 is 0 Å². The molecule has 0 saturated carbocycles. The standard InChI is InChI=1S/C22H20O4/c1-13-20(25)11-10-18-21(15-4-8-17(24)9-5-15)19(12-26-22(13)18)14-2-6-16(23)7-3-14/h2-11,19,21,23-25H,12H2,1H3/t19-,21-/m1/s1. The summed E-state index contributed by atoms with van der Waals surface area (Å²) >= 11 is 0. The predicted octanol–water partition coefficient (Wildman–Crippen LogP) is 4.42. The molecule has 26 heavy (non-hydrogen) atoms. The molecule has 4 heteroatoms. The van der Waals surface area contributed by atoms with Gasteiger partial charge in [-0.2, -0.15) is 0 Å². The third-order valence-corrected chi connectivity index (χ3v) is 5.13. The quantitative estimate of drug-likeness (QED) is 0.641. The van der Waals surface area contributed by atoms with Gasteiger partial charge < -0.3 is 20.1 Å². The normalized spacial score (nSPS) is 18.8. The van der Waals surface area contributed by atoms with E-state index in [0.29, 0.717) is 6.61 Å². The van der Waals surface area contributed by atoms with Crippen LogP contribution in [0, 0.1) is 6.92 Å². The number of fused-ring (bicyclic) bond motifs is 1. The van der Waals surface area contributed by atoms with Crippen LogP contribution in [0.25, 0.3) is 0 Å². The van der Waals surface area contributed by atoms with Gasteiger partial charge in [-0.3, -0.25) is 0 Å². The summed E-state index contributed by atoms with van der Waals surface area (Å²) in [7, 11) is 0. The maximum atomic E-state index is 10.0. The van der Waals surface area contributed by atoms with Gasteiger partial charge in [0.15, 0.2) is 0 Å². The highest BCUT2D eigenvalue weighted by atomic mass is 16.5. The molecule has 0 aliphatic carbocycles. The third kappa shape index (κ3) is 2.73. The average Bonchev–Trinajstić information content (AvgIpc) is 2.65. The number of aromatic hydroxyl groups is 3. The summed E-state index contributed by atoms with van der Waals surface area (Å²) in [6, 6.07) is 18.0. The van der Waals surface area contributed by atoms with Gasteiger partial charge in [0, 0.05) is 23.0 Å². The van der Waals surface area contributed by atoms with Crippen molar-refractivity contribution in [1.82, 2.24) is 0 Å². The third-order valence-electron chi connectivity index (χ3n) is 5.13. The highest BCUT2D eigenvalue weighted by molar-refractivity contribution is 5.55. The Morgan fingerprint density at radius 1 is 0.769 bits per heavy atom. The summed E-state index contributed by atoms with van der Waals surface area (Å²) in [4.78, 5) is 0. The number of ether oxygens (including phenoxy) is 1. The number of phenolic OH excluding ortho intramolecular Hbond substituents is 3. The van der Waals surface area contributed by atoms with Crippen LogP contribution in [0.15, 0.2) is 60.7 Å². The molecule has 4 rings (SSSR count). The maximum Gasteiger partial charge on any atom is 0.129 e. The van der Waals surface area contributed by atoms with E-state index < -0.39 is 0 Å². The lowest BCUT2D eigenvalue weighted by Gasteiger charge is -2.35. The van der Waals surface area contributed by atoms with Gasteiger partial charge in [-0.05, 0) is 48.4 Å². The average molecular weight is 348 g/mol. The van der Waals surface area contributed by atoms with Gasteiger partial charge in [0.25, 0.3) is 0 Å². The van der Waals surface area contributed by atoms with Gasteiger partial charge in [-0.1, -0.05) is 30.3 Å². The Hall–Kier alpha value is -3.14. The van der Waals surface area contributed by atoms with Crippen LogP contribution in [-0.4, -0.2) is 21.9 Å². The lowest BCUT2D eigenvalue weighted by atomic mass is 9.75. The van der Waals surface area contributed by atoms with Crippen LogP contribution in [-0.2, 0) is 0 Å². The van der Waals surface area contributed by atoms with E-state index in [2.05, 4.69) is 0 Å². The van der Waals surface area contributed by atoms with Crippen molar-refractivity contribution in [1.29, 1.82) is 0 Å². The Labute approximate surface area is 151 Å². The second-order valence-corrected chi connectivity index (χ2v) is 6.71. The van der Waals surface area contributed by atoms with Crippen LogP contribution in [0.3, 0.4) is 0 Å². The molecule has 4 nitrogen and oxygen atoms in total. The van der Waals surface area contributed by atoms with Gasteiger partial charge in [-0.15, -0.1) is 0 Å². The van der Waals surface area contributed by atoms with Gasteiger partial charge in [0.1, 0.15) is 23.0 Å². The molecule has 0 bridgehead atoms. The highest BCUT2D eigenvalue weighted by Gasteiger charge is 2.34. The van der Waals surface area contributed by atoms with E-state index in [1.54, 1.807) is 30.3 Å². The van der Waals surface area contributed by atoms with Crippen molar-refractivity contribution in [3.8, 4) is 23.0 Å². The molecular weight excluding hydrogens is 328 g/mol. The fourth-order valence-corrected chi connectivity index (χ4v) is 3.73. The Balaban J connectivity index is 1.87. The smallest absolute Gasteiger partial charge is 0.129 e. The molecular formula is C22H20O4. The first kappa shape index (κ1) is 16.3. The minimum absolute atomic E-state index is 0.0168. The van der Waals surface area contributed by atoms with Gasteiger partial charge in [0.2, 0.25) is 0 Å². The zero-order chi connectivity index (χ0) is 18.3. The molecule has 0 amide bonds. The first-order valence-corrected chi connectivity index (χ1v) is 8.57. The summed E-state index contributed by atoms with van der Waals surface area (Å²) in [5.41, 5.74) is 3.87. The topological polar surface area (TPSA) is 69.9 Å². The number of phenols is 3. The highest BCUT2D eigenvalue weighted by Crippen LogP contribution is 2.48. The molecule has 3 aromatic rings. The molecule has 0 radical (unpaired) electrons. The van der Waals surface area contributed by atoms with Crippen LogP contribution >= 0.6 is 0 Å². The van der Waals surface area contributed by atoms with Crippen molar-refractivity contribution in [3.05, 3.63) is 82.9 Å². The molecule has 0 unspecified atom stereocenters. The largest absolute Gasteiger partial charge is 0.508 e. The number of benzene rings is 3. The summed E-state index contributed by atoms with van der Waals surface area (Å²) in [5.74, 6) is 1.46. The van der Waals surface area contributed by atoms with Crippen LogP contribution in [0.5, 0.6) is 23.0 Å². The van der Waals surface area contributed by atoms with E-state index in [1.807, 2.05) is 37.3 Å². The first-order chi connectivity index (χ1) is 12.5. The molecule has 1 aliphatic heterocycles. The van der Waals surface area contributed by atoms with Gasteiger partial charge in [-0.25, -0.2) is 0 Å². The molecule has 3 N–H and O–H groups in total. The summed E-state index contributed by atoms with van der Waals surface area (Å²) < 4.78 is 6.04. The van der Waals surface area contributed by atoms with Crippen LogP contribution in [0.4, 0.5) is 0 Å². The number of hydrogen-bond acceptors (Lipinski definition) is 4. The van der Waals surface area contributed by atoms with Gasteiger partial charge >= 0.3 is 0 Å². The number of hydrogen-bond donors (Lipinski definition) is 3. The van der Waals surface area contributed by atoms with Crippen LogP contribution < -0.4 is 4.74 Å². The lowest BCUT2D eigenvalue weighted by Crippen LogP contribution is -2.25. The minimum atomic E-state index is 0.0168. The predicted molar refractivity (Wildman–Crippen MR) is 99.1 cm³/mol. The SMILES string of the molecule is Cc1c(O)ccc2c1OC[C@H](c1ccc(O)cc1)[C@@H]2c1ccc(O)cc1. The van der Waals surface area contributed by atoms with Crippen LogP contribution in [0.2, 0.25) is 0 Å². The minimum Gasteiger partial charge on any atom is -0.508 e. The van der Waals surface area contributed by atoms with E-state index in [4.69, 9.17) is 4.74 Å². The molecule has 1 heterocycles. The summed E-state index contributed by atoms with van der Waals surface area (Å²) in [5, 5.41) is 29.3. The monoisotopic (exact) mass is 348 g/mol. The second-order valence-electron chi connectivity index (χ2n) is 6.71. The maximum absolute atomic E-state index is 10.0. The second kappa shape index (κ2) is 6.30. The molecule has 132 valence electrons. The van der Waals surface area contributed by atoms with E-state index in [0.717, 1.165) is 28.0 Å². The molecule has 0 fully saturated rings. The van der Waals surface area contributed by atoms with E-state index >= 15 is 0 Å². The van der Waals surface area contributed by atoms with Gasteiger partial charge in [0.05, 0.1) is 6.61 Å². The van der Waals surface area contributed by atoms with Crippen molar-refractivity contribution < 1.29 is 20.1 Å². The Morgan fingerprint density at radius 3 is 1.96 bits per heavy atom. The Kier molecular flexibility index (Phi) is 3.96. The molecule has 0 aromatic heterocycles. The van der Waals surface area contributed by atoms with Crippen molar-refractivity contribution in [2.24, 2.45) is 0 Å². The van der Waals surface area contributed by atoms with E-state index in [1.165, 1.54) is 0 Å². The lowest BCUT2D eigenvalue weighted by molar-refractivity contribution is 0.245. The molecule has 0 spiro atoms. The Bertz CT molecular complexity index is 930. The van der Waals surface area contributed by atoms with Crippen LogP contribution in [0.1, 0.15) is 34.1 Å². The first-order valence-electron chi connectivity index (χ1n) is 8.57. The van der Waals surface area contributed by atoms with E-state index in [9.17, 15) is 15.3 Å². The van der Waals surface area contributed by atoms with E-state index in [-0.39, 0.29) is 29.1 Å².